The van der Waals surface area contributed by atoms with Gasteiger partial charge in [0.1, 0.15) is 17.9 Å². The minimum absolute atomic E-state index is 0.0651. The number of ether oxygens (including phenoxy) is 2. The lowest BCUT2D eigenvalue weighted by molar-refractivity contribution is -0.259. The summed E-state index contributed by atoms with van der Waals surface area (Å²) in [5.74, 6) is -0.0651. The molecule has 0 saturated carbocycles. The van der Waals surface area contributed by atoms with Gasteiger partial charge in [-0.25, -0.2) is 0 Å². The first-order valence-electron chi connectivity index (χ1n) is 6.51. The highest BCUT2D eigenvalue weighted by molar-refractivity contribution is 5.78. The van der Waals surface area contributed by atoms with E-state index in [0.717, 1.165) is 6.29 Å². The third-order valence-corrected chi connectivity index (χ3v) is 3.88. The second-order valence-electron chi connectivity index (χ2n) is 5.02. The zero-order chi connectivity index (χ0) is 14.0. The molecule has 0 radical (unpaired) electrons. The molecule has 1 heterocycles. The number of aldehydes is 1. The Balaban J connectivity index is 2.39. The van der Waals surface area contributed by atoms with E-state index in [1.807, 2.05) is 19.9 Å². The van der Waals surface area contributed by atoms with Crippen LogP contribution in [0.15, 0.2) is 11.6 Å². The summed E-state index contributed by atoms with van der Waals surface area (Å²) in [5.41, 5.74) is 2.37. The van der Waals surface area contributed by atoms with E-state index in [-0.39, 0.29) is 5.92 Å². The van der Waals surface area contributed by atoms with Gasteiger partial charge < -0.3 is 19.4 Å². The molecule has 0 amide bonds. The lowest BCUT2D eigenvalue weighted by Crippen LogP contribution is -2.68. The number of fused-ring (bicyclic) bond motifs is 2. The van der Waals surface area contributed by atoms with Crippen LogP contribution in [-0.4, -0.2) is 49.1 Å². The largest absolute Gasteiger partial charge is 0.388 e. The fourth-order valence-electron chi connectivity index (χ4n) is 2.83. The molecule has 0 aromatic heterocycles. The number of hydrogen-bond acceptors (Lipinski definition) is 6. The van der Waals surface area contributed by atoms with E-state index in [9.17, 15) is 9.90 Å². The van der Waals surface area contributed by atoms with Gasteiger partial charge in [-0.05, 0) is 6.92 Å². The van der Waals surface area contributed by atoms with Crippen LogP contribution in [-0.2, 0) is 19.1 Å². The molecule has 0 aromatic rings. The molecule has 0 aromatic carbocycles. The molecule has 2 rings (SSSR count). The van der Waals surface area contributed by atoms with Crippen LogP contribution in [0.5, 0.6) is 0 Å². The monoisotopic (exact) mass is 271 g/mol. The number of carbonyl (C=O) groups is 1. The van der Waals surface area contributed by atoms with Crippen molar-refractivity contribution in [2.24, 2.45) is 5.92 Å². The number of nitrogens with one attached hydrogen (secondary N) is 1. The fourth-order valence-corrected chi connectivity index (χ4v) is 2.83. The summed E-state index contributed by atoms with van der Waals surface area (Å²) in [6, 6.07) is 0. The Morgan fingerprint density at radius 3 is 3.00 bits per heavy atom. The second kappa shape index (κ2) is 5.68. The third kappa shape index (κ3) is 2.34. The predicted octanol–water partition coefficient (Wildman–Crippen LogP) is 0.164. The molecule has 2 aliphatic rings. The van der Waals surface area contributed by atoms with E-state index in [1.54, 1.807) is 7.11 Å². The number of carbonyl (C=O) groups excluding carboxylic acids is 1. The summed E-state index contributed by atoms with van der Waals surface area (Å²) in [6.45, 7) is 4.16. The van der Waals surface area contributed by atoms with Crippen LogP contribution in [0, 0.1) is 5.92 Å². The molecule has 6 heteroatoms. The van der Waals surface area contributed by atoms with E-state index >= 15 is 0 Å². The molecule has 1 fully saturated rings. The van der Waals surface area contributed by atoms with Crippen LogP contribution in [0.25, 0.3) is 0 Å². The number of methoxy groups -OCH3 is 1. The molecule has 108 valence electrons. The number of aliphatic hydroxyl groups is 1. The summed E-state index contributed by atoms with van der Waals surface area (Å²) < 4.78 is 11.0. The smallest absolute Gasteiger partial charge is 0.160 e. The van der Waals surface area contributed by atoms with E-state index in [4.69, 9.17) is 14.3 Å². The number of rotatable bonds is 5. The summed E-state index contributed by atoms with van der Waals surface area (Å²) in [7, 11) is 1.54. The van der Waals surface area contributed by atoms with Gasteiger partial charge in [-0.3, -0.25) is 4.79 Å². The summed E-state index contributed by atoms with van der Waals surface area (Å²) in [5, 5.41) is 10.5. The molecule has 0 spiro atoms. The maximum atomic E-state index is 11.4. The van der Waals surface area contributed by atoms with Gasteiger partial charge in [0.15, 0.2) is 6.29 Å². The van der Waals surface area contributed by atoms with Gasteiger partial charge in [0.25, 0.3) is 0 Å². The van der Waals surface area contributed by atoms with Crippen molar-refractivity contribution in [3.63, 3.8) is 0 Å². The molecular weight excluding hydrogens is 250 g/mol. The normalized spacial score (nSPS) is 41.8. The van der Waals surface area contributed by atoms with Gasteiger partial charge in [0.05, 0.1) is 12.7 Å². The maximum absolute atomic E-state index is 11.4. The van der Waals surface area contributed by atoms with Gasteiger partial charge in [-0.1, -0.05) is 13.0 Å². The standard InChI is InChI=1S/C13H21NO5/c1-4-18-14-13-6-10(17-3)19-11(12(13)16)8(2)5-9(13)7-15/h5,7-8,10-12,14,16H,4,6H2,1-3H3. The average molecular weight is 271 g/mol. The van der Waals surface area contributed by atoms with Gasteiger partial charge >= 0.3 is 0 Å². The predicted molar refractivity (Wildman–Crippen MR) is 67.1 cm³/mol. The van der Waals surface area contributed by atoms with E-state index < -0.39 is 24.0 Å². The molecule has 6 nitrogen and oxygen atoms in total. The van der Waals surface area contributed by atoms with Crippen LogP contribution in [0.4, 0.5) is 0 Å². The maximum Gasteiger partial charge on any atom is 0.160 e. The van der Waals surface area contributed by atoms with Crippen molar-refractivity contribution in [2.45, 2.75) is 44.3 Å². The summed E-state index contributed by atoms with van der Waals surface area (Å²) in [6.07, 6.45) is 1.15. The fraction of sp³-hybridized carbons (Fsp3) is 0.769. The SMILES string of the molecule is CCONC12CC(OC)OC(C(C)C=C1C=O)C2O. The Morgan fingerprint density at radius 2 is 2.42 bits per heavy atom. The van der Waals surface area contributed by atoms with Crippen molar-refractivity contribution in [1.29, 1.82) is 0 Å². The Morgan fingerprint density at radius 1 is 1.68 bits per heavy atom. The van der Waals surface area contributed by atoms with Gasteiger partial charge in [-0.15, -0.1) is 0 Å². The van der Waals surface area contributed by atoms with Crippen LogP contribution < -0.4 is 5.48 Å². The van der Waals surface area contributed by atoms with E-state index in [2.05, 4.69) is 5.48 Å². The van der Waals surface area contributed by atoms with Crippen molar-refractivity contribution in [2.75, 3.05) is 13.7 Å². The number of hydroxylamine groups is 1. The molecule has 1 saturated heterocycles. The van der Waals surface area contributed by atoms with Crippen LogP contribution in [0.2, 0.25) is 0 Å². The van der Waals surface area contributed by atoms with Crippen molar-refractivity contribution in [1.82, 2.24) is 5.48 Å². The zero-order valence-corrected chi connectivity index (χ0v) is 11.5. The van der Waals surface area contributed by atoms with E-state index in [0.29, 0.717) is 18.6 Å². The van der Waals surface area contributed by atoms with E-state index in [1.165, 1.54) is 0 Å². The number of hydrogen-bond donors (Lipinski definition) is 2. The first-order chi connectivity index (χ1) is 9.08. The Hall–Kier alpha value is -0.790. The molecule has 1 aliphatic carbocycles. The van der Waals surface area contributed by atoms with Crippen molar-refractivity contribution in [3.8, 4) is 0 Å². The molecule has 1 aliphatic heterocycles. The van der Waals surface area contributed by atoms with Crippen molar-refractivity contribution >= 4 is 6.29 Å². The lowest BCUT2D eigenvalue weighted by Gasteiger charge is -2.51. The average Bonchev–Trinajstić information content (AvgIpc) is 2.42. The van der Waals surface area contributed by atoms with Crippen molar-refractivity contribution in [3.05, 3.63) is 11.6 Å². The molecule has 5 unspecified atom stereocenters. The summed E-state index contributed by atoms with van der Waals surface area (Å²) >= 11 is 0. The molecule has 19 heavy (non-hydrogen) atoms. The summed E-state index contributed by atoms with van der Waals surface area (Å²) in [4.78, 5) is 16.6. The molecule has 2 bridgehead atoms. The Bertz CT molecular complexity index is 372. The zero-order valence-electron chi connectivity index (χ0n) is 11.5. The van der Waals surface area contributed by atoms with Crippen LogP contribution in [0.3, 0.4) is 0 Å². The molecule has 5 atom stereocenters. The first kappa shape index (κ1) is 14.6. The molecule has 2 N–H and O–H groups in total. The third-order valence-electron chi connectivity index (χ3n) is 3.88. The minimum atomic E-state index is -0.964. The Labute approximate surface area is 112 Å². The molecular formula is C13H21NO5. The number of aliphatic hydroxyl groups excluding tert-OH is 1. The second-order valence-corrected chi connectivity index (χ2v) is 5.02. The Kier molecular flexibility index (Phi) is 4.37. The van der Waals surface area contributed by atoms with Crippen LogP contribution >= 0.6 is 0 Å². The lowest BCUT2D eigenvalue weighted by atomic mass is 9.70. The quantitative estimate of drug-likeness (QED) is 0.548. The highest BCUT2D eigenvalue weighted by Crippen LogP contribution is 2.42. The van der Waals surface area contributed by atoms with Crippen LogP contribution in [0.1, 0.15) is 20.3 Å². The minimum Gasteiger partial charge on any atom is -0.388 e. The van der Waals surface area contributed by atoms with Gasteiger partial charge in [0.2, 0.25) is 0 Å². The van der Waals surface area contributed by atoms with Gasteiger partial charge in [-0.2, -0.15) is 5.48 Å². The van der Waals surface area contributed by atoms with Gasteiger partial charge in [0, 0.05) is 25.0 Å². The highest BCUT2D eigenvalue weighted by atomic mass is 16.7. The van der Waals surface area contributed by atoms with Crippen molar-refractivity contribution < 1.29 is 24.2 Å². The topological polar surface area (TPSA) is 77.0 Å². The first-order valence-corrected chi connectivity index (χ1v) is 6.51. The highest BCUT2D eigenvalue weighted by Gasteiger charge is 2.55.